The lowest BCUT2D eigenvalue weighted by molar-refractivity contribution is 0.00578. The summed E-state index contributed by atoms with van der Waals surface area (Å²) < 4.78 is 18.0. The number of benzene rings is 1. The largest absolute Gasteiger partial charge is 0.495 e. The first-order valence-corrected chi connectivity index (χ1v) is 11.8. The van der Waals surface area contributed by atoms with Crippen LogP contribution < -0.4 is 10.8 Å². The lowest BCUT2D eigenvalue weighted by Gasteiger charge is -2.32. The van der Waals surface area contributed by atoms with Gasteiger partial charge in [0.05, 0.1) is 17.2 Å². The molecule has 8 heteroatoms. The molecule has 0 bridgehead atoms. The normalized spacial score (nSPS) is 24.2. The first-order chi connectivity index (χ1) is 15.0. The number of nitrogens with zero attached hydrogens (tertiary/aromatic N) is 1. The van der Waals surface area contributed by atoms with Crippen molar-refractivity contribution in [1.29, 1.82) is 0 Å². The number of aryl methyl sites for hydroxylation is 2. The monoisotopic (exact) mass is 458 g/mol. The maximum absolute atomic E-state index is 13.8. The van der Waals surface area contributed by atoms with Gasteiger partial charge in [0.1, 0.15) is 5.60 Å². The average Bonchev–Trinajstić information content (AvgIpc) is 3.08. The first kappa shape index (κ1) is 25.6. The fraction of sp³-hybridized carbons (Fsp3) is 0.680. The molecule has 0 unspecified atom stereocenters. The van der Waals surface area contributed by atoms with Gasteiger partial charge in [-0.15, -0.1) is 0 Å². The second kappa shape index (κ2) is 8.62. The molecule has 3 rings (SSSR count). The Kier molecular flexibility index (Phi) is 6.68. The Hall–Kier alpha value is -2.06. The number of hydrogen-bond acceptors (Lipinski definition) is 5. The third kappa shape index (κ3) is 5.38. The highest BCUT2D eigenvalue weighted by atomic mass is 16.7. The van der Waals surface area contributed by atoms with Gasteiger partial charge in [-0.2, -0.15) is 0 Å². The van der Waals surface area contributed by atoms with Crippen molar-refractivity contribution in [2.24, 2.45) is 5.92 Å². The molecular formula is C25H39BN2O5. The quantitative estimate of drug-likeness (QED) is 0.701. The van der Waals surface area contributed by atoms with Crippen LogP contribution in [0.4, 0.5) is 4.79 Å². The predicted molar refractivity (Wildman–Crippen MR) is 130 cm³/mol. The topological polar surface area (TPSA) is 77.1 Å². The molecule has 1 N–H and O–H groups in total. The van der Waals surface area contributed by atoms with Crippen molar-refractivity contribution in [3.8, 4) is 0 Å². The summed E-state index contributed by atoms with van der Waals surface area (Å²) in [6.07, 6.45) is -0.460. The summed E-state index contributed by atoms with van der Waals surface area (Å²) >= 11 is 0. The van der Waals surface area contributed by atoms with Crippen LogP contribution in [-0.4, -0.2) is 60.0 Å². The molecule has 2 aliphatic heterocycles. The van der Waals surface area contributed by atoms with Gasteiger partial charge >= 0.3 is 13.2 Å². The molecule has 0 spiro atoms. The van der Waals surface area contributed by atoms with Gasteiger partial charge in [0.2, 0.25) is 0 Å². The highest BCUT2D eigenvalue weighted by Gasteiger charge is 2.53. The number of amides is 2. The van der Waals surface area contributed by atoms with Crippen LogP contribution in [0, 0.1) is 19.8 Å². The molecule has 2 saturated heterocycles. The van der Waals surface area contributed by atoms with Crippen LogP contribution >= 0.6 is 0 Å². The average molecular weight is 458 g/mol. The summed E-state index contributed by atoms with van der Waals surface area (Å²) in [7, 11) is -0.622. The van der Waals surface area contributed by atoms with E-state index in [9.17, 15) is 9.59 Å². The zero-order chi connectivity index (χ0) is 24.9. The second-order valence-electron chi connectivity index (χ2n) is 11.6. The molecule has 2 atom stereocenters. The fourth-order valence-corrected chi connectivity index (χ4v) is 4.39. The molecule has 33 heavy (non-hydrogen) atoms. The van der Waals surface area contributed by atoms with Crippen LogP contribution in [0.3, 0.4) is 0 Å². The van der Waals surface area contributed by atoms with Crippen molar-refractivity contribution in [2.75, 3.05) is 13.1 Å². The number of carbonyl (C=O) groups is 2. The van der Waals surface area contributed by atoms with Crippen LogP contribution in [0.25, 0.3) is 0 Å². The van der Waals surface area contributed by atoms with Crippen molar-refractivity contribution in [3.63, 3.8) is 0 Å². The number of alkyl carbamates (subject to hydrolysis) is 1. The Balaban J connectivity index is 1.84. The van der Waals surface area contributed by atoms with Gasteiger partial charge in [-0.05, 0) is 79.3 Å². The second-order valence-corrected chi connectivity index (χ2v) is 11.6. The third-order valence-corrected chi connectivity index (χ3v) is 6.83. The number of hydrogen-bond donors (Lipinski definition) is 1. The maximum Gasteiger partial charge on any atom is 0.495 e. The van der Waals surface area contributed by atoms with Gasteiger partial charge < -0.3 is 24.3 Å². The van der Waals surface area contributed by atoms with E-state index in [0.717, 1.165) is 16.6 Å². The van der Waals surface area contributed by atoms with E-state index < -0.39 is 30.0 Å². The van der Waals surface area contributed by atoms with E-state index in [1.54, 1.807) is 4.90 Å². The molecule has 1 aromatic rings. The van der Waals surface area contributed by atoms with Gasteiger partial charge in [-0.1, -0.05) is 24.6 Å². The molecule has 1 aromatic carbocycles. The van der Waals surface area contributed by atoms with Gasteiger partial charge in [0.15, 0.2) is 0 Å². The fourth-order valence-electron chi connectivity index (χ4n) is 4.39. The Labute approximate surface area is 198 Å². The highest BCUT2D eigenvalue weighted by Crippen LogP contribution is 2.37. The summed E-state index contributed by atoms with van der Waals surface area (Å²) in [5.74, 6) is 0.0325. The van der Waals surface area contributed by atoms with E-state index in [-0.39, 0.29) is 17.9 Å². The number of ether oxygens (including phenoxy) is 1. The third-order valence-electron chi connectivity index (χ3n) is 6.83. The summed E-state index contributed by atoms with van der Waals surface area (Å²) in [5, 5.41) is 2.93. The molecule has 2 aliphatic rings. The molecule has 2 fully saturated rings. The Morgan fingerprint density at radius 1 is 1.09 bits per heavy atom. The van der Waals surface area contributed by atoms with Crippen LogP contribution in [0.2, 0.25) is 0 Å². The molecule has 7 nitrogen and oxygen atoms in total. The predicted octanol–water partition coefficient (Wildman–Crippen LogP) is 3.59. The molecule has 2 amide bonds. The van der Waals surface area contributed by atoms with E-state index in [1.807, 2.05) is 81.4 Å². The van der Waals surface area contributed by atoms with Crippen molar-refractivity contribution in [2.45, 2.75) is 92.1 Å². The zero-order valence-corrected chi connectivity index (χ0v) is 21.8. The van der Waals surface area contributed by atoms with Crippen molar-refractivity contribution >= 4 is 24.6 Å². The Morgan fingerprint density at radius 2 is 1.67 bits per heavy atom. The summed E-state index contributed by atoms with van der Waals surface area (Å²) in [6.45, 7) is 20.5. The van der Waals surface area contributed by atoms with E-state index >= 15 is 0 Å². The summed E-state index contributed by atoms with van der Waals surface area (Å²) in [5.41, 5.74) is 1.74. The molecule has 0 aromatic heterocycles. The van der Waals surface area contributed by atoms with Crippen LogP contribution in [-0.2, 0) is 14.0 Å². The lowest BCUT2D eigenvalue weighted by Crippen LogP contribution is -2.44. The number of rotatable bonds is 3. The Bertz CT molecular complexity index is 921. The molecule has 182 valence electrons. The zero-order valence-electron chi connectivity index (χ0n) is 21.8. The number of nitrogens with one attached hydrogen (secondary N) is 1. The van der Waals surface area contributed by atoms with Gasteiger partial charge in [0, 0.05) is 18.7 Å². The highest BCUT2D eigenvalue weighted by molar-refractivity contribution is 6.63. The van der Waals surface area contributed by atoms with Crippen LogP contribution in [0.15, 0.2) is 12.1 Å². The molecule has 0 aliphatic carbocycles. The Morgan fingerprint density at radius 3 is 2.21 bits per heavy atom. The smallest absolute Gasteiger partial charge is 0.444 e. The van der Waals surface area contributed by atoms with Crippen LogP contribution in [0.5, 0.6) is 0 Å². The summed E-state index contributed by atoms with van der Waals surface area (Å²) in [4.78, 5) is 27.8. The van der Waals surface area contributed by atoms with Crippen molar-refractivity contribution in [1.82, 2.24) is 10.2 Å². The minimum atomic E-state index is -0.622. The van der Waals surface area contributed by atoms with Gasteiger partial charge in [0.25, 0.3) is 5.91 Å². The van der Waals surface area contributed by atoms with Gasteiger partial charge in [-0.25, -0.2) is 4.79 Å². The van der Waals surface area contributed by atoms with Crippen molar-refractivity contribution < 1.29 is 23.6 Å². The van der Waals surface area contributed by atoms with E-state index in [4.69, 9.17) is 14.0 Å². The maximum atomic E-state index is 13.8. The minimum Gasteiger partial charge on any atom is -0.444 e. The van der Waals surface area contributed by atoms with Crippen molar-refractivity contribution in [3.05, 3.63) is 28.8 Å². The molecule has 2 heterocycles. The molecular weight excluding hydrogens is 419 g/mol. The first-order valence-electron chi connectivity index (χ1n) is 11.8. The lowest BCUT2D eigenvalue weighted by atomic mass is 9.73. The number of likely N-dealkylation sites (tertiary alicyclic amines) is 1. The summed E-state index contributed by atoms with van der Waals surface area (Å²) in [6, 6.07) is 3.82. The molecule has 0 saturated carbocycles. The van der Waals surface area contributed by atoms with Gasteiger partial charge in [-0.3, -0.25) is 4.79 Å². The van der Waals surface area contributed by atoms with E-state index in [1.165, 1.54) is 0 Å². The van der Waals surface area contributed by atoms with E-state index in [0.29, 0.717) is 18.7 Å². The SMILES string of the molecule is Cc1cc(C)c(C(=O)N2C[C@H](C)[C@H](NC(=O)OC(C)(C)C)C2)c(B2OC(C)(C)C(C)(C)O2)c1. The van der Waals surface area contributed by atoms with E-state index in [2.05, 4.69) is 5.32 Å². The standard InChI is InChI=1S/C25H39BN2O5/c1-15-11-16(2)20(18(12-15)26-32-24(7,8)25(9,10)33-26)21(29)28-13-17(3)19(14-28)27-22(30)31-23(4,5)6/h11-12,17,19H,13-14H2,1-10H3,(H,27,30)/t17-,19+/m0/s1. The minimum absolute atomic E-state index is 0.0717. The molecule has 0 radical (unpaired) electrons. The van der Waals surface area contributed by atoms with Crippen LogP contribution in [0.1, 0.15) is 76.9 Å². The number of carbonyl (C=O) groups excluding carboxylic acids is 2.